The highest BCUT2D eigenvalue weighted by Crippen LogP contribution is 2.21. The molecular formula is C9H14O6. The minimum atomic E-state index is -2.72. The van der Waals surface area contributed by atoms with Crippen LogP contribution >= 0.6 is 0 Å². The average molecular weight is 218 g/mol. The van der Waals surface area contributed by atoms with Crippen LogP contribution in [0.1, 0.15) is 32.6 Å². The van der Waals surface area contributed by atoms with Gasteiger partial charge in [0.05, 0.1) is 12.8 Å². The third-order valence-electron chi connectivity index (χ3n) is 2.04. The minimum Gasteiger partial charge on any atom is -0.452 e. The summed E-state index contributed by atoms with van der Waals surface area (Å²) in [6.07, 6.45) is -0.751. The fraction of sp³-hybridized carbons (Fsp3) is 0.778. The van der Waals surface area contributed by atoms with Gasteiger partial charge >= 0.3 is 17.9 Å². The Bertz CT molecular complexity index is 259. The number of aliphatic hydroxyl groups is 2. The third kappa shape index (κ3) is 3.17. The van der Waals surface area contributed by atoms with Crippen molar-refractivity contribution in [2.24, 2.45) is 0 Å². The Morgan fingerprint density at radius 1 is 1.33 bits per heavy atom. The summed E-state index contributed by atoms with van der Waals surface area (Å²) >= 11 is 0. The van der Waals surface area contributed by atoms with Gasteiger partial charge < -0.3 is 19.7 Å². The van der Waals surface area contributed by atoms with Gasteiger partial charge in [0.2, 0.25) is 0 Å². The molecule has 1 saturated heterocycles. The van der Waals surface area contributed by atoms with Crippen LogP contribution in [0.5, 0.6) is 0 Å². The Labute approximate surface area is 86.8 Å². The van der Waals surface area contributed by atoms with Crippen molar-refractivity contribution in [2.75, 3.05) is 0 Å². The molecule has 6 nitrogen and oxygen atoms in total. The lowest BCUT2D eigenvalue weighted by molar-refractivity contribution is -0.362. The predicted octanol–water partition coefficient (Wildman–Crippen LogP) is -0.326. The first-order chi connectivity index (χ1) is 6.95. The van der Waals surface area contributed by atoms with Crippen LogP contribution in [-0.2, 0) is 19.1 Å². The van der Waals surface area contributed by atoms with Crippen LogP contribution in [-0.4, -0.2) is 34.2 Å². The van der Waals surface area contributed by atoms with Gasteiger partial charge in [0.1, 0.15) is 0 Å². The summed E-state index contributed by atoms with van der Waals surface area (Å²) in [4.78, 5) is 22.1. The first-order valence-corrected chi connectivity index (χ1v) is 4.81. The zero-order chi connectivity index (χ0) is 11.5. The Morgan fingerprint density at radius 2 is 1.93 bits per heavy atom. The fourth-order valence-electron chi connectivity index (χ4n) is 1.29. The maximum Gasteiger partial charge on any atom is 0.363 e. The molecule has 1 atom stereocenters. The van der Waals surface area contributed by atoms with Crippen LogP contribution in [0.15, 0.2) is 0 Å². The molecule has 1 fully saturated rings. The standard InChI is InChI=1S/C9H14O6/c1-2-3-6-9(12,13)15-8(11)5-4-7(10)14-6/h6,12-13H,2-5H2,1H3. The molecule has 0 aromatic rings. The minimum absolute atomic E-state index is 0.102. The molecule has 2 N–H and O–H groups in total. The Kier molecular flexibility index (Phi) is 3.65. The van der Waals surface area contributed by atoms with Gasteiger partial charge in [0, 0.05) is 0 Å². The summed E-state index contributed by atoms with van der Waals surface area (Å²) in [5.74, 6) is -4.17. The van der Waals surface area contributed by atoms with Crippen molar-refractivity contribution in [2.45, 2.75) is 44.7 Å². The zero-order valence-corrected chi connectivity index (χ0v) is 8.43. The molecule has 1 heterocycles. The smallest absolute Gasteiger partial charge is 0.363 e. The molecule has 0 aliphatic carbocycles. The van der Waals surface area contributed by atoms with Crippen LogP contribution in [0, 0.1) is 0 Å². The van der Waals surface area contributed by atoms with Gasteiger partial charge in [-0.1, -0.05) is 13.3 Å². The molecule has 1 rings (SSSR count). The van der Waals surface area contributed by atoms with Crippen LogP contribution in [0.4, 0.5) is 0 Å². The van der Waals surface area contributed by atoms with E-state index in [-0.39, 0.29) is 19.3 Å². The number of cyclic esters (lactones) is 2. The van der Waals surface area contributed by atoms with E-state index in [1.165, 1.54) is 0 Å². The van der Waals surface area contributed by atoms with Gasteiger partial charge in [0.15, 0.2) is 6.10 Å². The second kappa shape index (κ2) is 4.59. The van der Waals surface area contributed by atoms with Crippen LogP contribution < -0.4 is 0 Å². The van der Waals surface area contributed by atoms with E-state index in [1.54, 1.807) is 6.92 Å². The van der Waals surface area contributed by atoms with Crippen molar-refractivity contribution < 1.29 is 29.3 Å². The first kappa shape index (κ1) is 11.9. The van der Waals surface area contributed by atoms with Gasteiger partial charge in [-0.3, -0.25) is 9.59 Å². The summed E-state index contributed by atoms with van der Waals surface area (Å²) in [5, 5.41) is 18.8. The molecule has 0 bridgehead atoms. The van der Waals surface area contributed by atoms with E-state index in [9.17, 15) is 19.8 Å². The Morgan fingerprint density at radius 3 is 2.53 bits per heavy atom. The van der Waals surface area contributed by atoms with Crippen molar-refractivity contribution in [3.05, 3.63) is 0 Å². The molecule has 0 aromatic heterocycles. The molecule has 0 aromatic carbocycles. The van der Waals surface area contributed by atoms with Gasteiger partial charge in [-0.25, -0.2) is 0 Å². The van der Waals surface area contributed by atoms with E-state index in [1.807, 2.05) is 0 Å². The lowest BCUT2D eigenvalue weighted by atomic mass is 10.1. The van der Waals surface area contributed by atoms with E-state index in [0.717, 1.165) is 0 Å². The molecule has 1 aliphatic heterocycles. The molecular weight excluding hydrogens is 204 g/mol. The van der Waals surface area contributed by atoms with Crippen LogP contribution in [0.3, 0.4) is 0 Å². The van der Waals surface area contributed by atoms with E-state index in [2.05, 4.69) is 4.74 Å². The Balaban J connectivity index is 2.79. The summed E-state index contributed by atoms with van der Waals surface area (Å²) in [7, 11) is 0. The number of carbonyl (C=O) groups is 2. The van der Waals surface area contributed by atoms with Crippen LogP contribution in [0.2, 0.25) is 0 Å². The molecule has 6 heteroatoms. The highest BCUT2D eigenvalue weighted by atomic mass is 16.8. The molecule has 15 heavy (non-hydrogen) atoms. The normalized spacial score (nSPS) is 26.2. The quantitative estimate of drug-likeness (QED) is 0.487. The number of carbonyl (C=O) groups excluding carboxylic acids is 2. The van der Waals surface area contributed by atoms with Gasteiger partial charge in [-0.2, -0.15) is 0 Å². The maximum absolute atomic E-state index is 11.1. The third-order valence-corrected chi connectivity index (χ3v) is 2.04. The fourth-order valence-corrected chi connectivity index (χ4v) is 1.29. The number of esters is 2. The van der Waals surface area contributed by atoms with Crippen LogP contribution in [0.25, 0.3) is 0 Å². The van der Waals surface area contributed by atoms with E-state index in [4.69, 9.17) is 4.74 Å². The number of ether oxygens (including phenoxy) is 2. The summed E-state index contributed by atoms with van der Waals surface area (Å²) < 4.78 is 9.17. The van der Waals surface area contributed by atoms with Gasteiger partial charge in [-0.15, -0.1) is 0 Å². The number of hydrogen-bond acceptors (Lipinski definition) is 6. The molecule has 86 valence electrons. The second-order valence-electron chi connectivity index (χ2n) is 3.40. The van der Waals surface area contributed by atoms with E-state index in [0.29, 0.717) is 6.42 Å². The molecule has 1 aliphatic rings. The Hall–Kier alpha value is -1.14. The SMILES string of the molecule is CCCC1OC(=O)CCC(=O)OC1(O)O. The molecule has 0 radical (unpaired) electrons. The average Bonchev–Trinajstić information content (AvgIpc) is 2.12. The van der Waals surface area contributed by atoms with Gasteiger partial charge in [-0.05, 0) is 6.42 Å². The van der Waals surface area contributed by atoms with Crippen molar-refractivity contribution in [1.29, 1.82) is 0 Å². The summed E-state index contributed by atoms with van der Waals surface area (Å²) in [6.45, 7) is 1.78. The van der Waals surface area contributed by atoms with E-state index < -0.39 is 24.0 Å². The number of hydrogen-bond donors (Lipinski definition) is 2. The summed E-state index contributed by atoms with van der Waals surface area (Å²) in [6, 6.07) is 0. The molecule has 0 amide bonds. The molecule has 0 saturated carbocycles. The van der Waals surface area contributed by atoms with Crippen molar-refractivity contribution in [3.8, 4) is 0 Å². The largest absolute Gasteiger partial charge is 0.452 e. The highest BCUT2D eigenvalue weighted by molar-refractivity contribution is 5.78. The van der Waals surface area contributed by atoms with Crippen molar-refractivity contribution >= 4 is 11.9 Å². The molecule has 1 unspecified atom stereocenters. The highest BCUT2D eigenvalue weighted by Gasteiger charge is 2.43. The van der Waals surface area contributed by atoms with E-state index >= 15 is 0 Å². The maximum atomic E-state index is 11.1. The monoisotopic (exact) mass is 218 g/mol. The second-order valence-corrected chi connectivity index (χ2v) is 3.40. The first-order valence-electron chi connectivity index (χ1n) is 4.81. The van der Waals surface area contributed by atoms with Crippen molar-refractivity contribution in [1.82, 2.24) is 0 Å². The predicted molar refractivity (Wildman–Crippen MR) is 47.3 cm³/mol. The zero-order valence-electron chi connectivity index (χ0n) is 8.43. The lowest BCUT2D eigenvalue weighted by Gasteiger charge is -2.31. The lowest BCUT2D eigenvalue weighted by Crippen LogP contribution is -2.49. The number of rotatable bonds is 2. The van der Waals surface area contributed by atoms with Gasteiger partial charge in [0.25, 0.3) is 0 Å². The topological polar surface area (TPSA) is 93.1 Å². The summed E-state index contributed by atoms with van der Waals surface area (Å²) in [5.41, 5.74) is 0. The van der Waals surface area contributed by atoms with Crippen molar-refractivity contribution in [3.63, 3.8) is 0 Å². The molecule has 0 spiro atoms.